The fraction of sp³-hybridized carbons (Fsp3) is 0.429. The summed E-state index contributed by atoms with van der Waals surface area (Å²) in [6, 6.07) is 0. The number of hydrogen-bond acceptors (Lipinski definition) is 0. The van der Waals surface area contributed by atoms with Crippen LogP contribution in [-0.2, 0) is 0 Å². The van der Waals surface area contributed by atoms with Gasteiger partial charge in [-0.3, -0.25) is 0 Å². The van der Waals surface area contributed by atoms with Crippen LogP contribution in [0.3, 0.4) is 0 Å². The molecule has 0 aromatic carbocycles. The Morgan fingerprint density at radius 3 is 2.65 bits per heavy atom. The zero-order valence-corrected chi connectivity index (χ0v) is 14.1. The molecule has 0 nitrogen and oxygen atoms in total. The van der Waals surface area contributed by atoms with Crippen molar-refractivity contribution < 1.29 is 8.78 Å². The second-order valence-corrected chi connectivity index (χ2v) is 6.29. The molecule has 124 valence electrons. The molecule has 0 amide bonds. The predicted octanol–water partition coefficient (Wildman–Crippen LogP) is 6.76. The number of allylic oxidation sites excluding steroid dienone is 11. The highest BCUT2D eigenvalue weighted by molar-refractivity contribution is 5.53. The first-order chi connectivity index (χ1) is 11.1. The van der Waals surface area contributed by atoms with Crippen LogP contribution in [0, 0.1) is 17.8 Å². The van der Waals surface area contributed by atoms with Gasteiger partial charge >= 0.3 is 0 Å². The second kappa shape index (κ2) is 8.24. The van der Waals surface area contributed by atoms with Crippen molar-refractivity contribution in [3.05, 3.63) is 71.9 Å². The lowest BCUT2D eigenvalue weighted by Gasteiger charge is -2.32. The highest BCUT2D eigenvalue weighted by Gasteiger charge is 2.40. The van der Waals surface area contributed by atoms with Gasteiger partial charge in [0.25, 0.3) is 0 Å². The van der Waals surface area contributed by atoms with Crippen molar-refractivity contribution in [1.29, 1.82) is 0 Å². The Kier molecular flexibility index (Phi) is 6.32. The monoisotopic (exact) mass is 316 g/mol. The van der Waals surface area contributed by atoms with Gasteiger partial charge in [0, 0.05) is 11.8 Å². The first-order valence-corrected chi connectivity index (χ1v) is 8.57. The van der Waals surface area contributed by atoms with E-state index < -0.39 is 23.5 Å². The maximum atomic E-state index is 13.5. The van der Waals surface area contributed by atoms with Crippen molar-refractivity contribution in [1.82, 2.24) is 0 Å². The minimum Gasteiger partial charge on any atom is -0.208 e. The van der Waals surface area contributed by atoms with Crippen LogP contribution in [0.4, 0.5) is 8.78 Å². The molecule has 0 saturated heterocycles. The van der Waals surface area contributed by atoms with Crippen molar-refractivity contribution >= 4 is 0 Å². The lowest BCUT2D eigenvalue weighted by molar-refractivity contribution is 0.304. The van der Waals surface area contributed by atoms with Crippen LogP contribution in [0.15, 0.2) is 71.9 Å². The van der Waals surface area contributed by atoms with Crippen LogP contribution in [0.25, 0.3) is 0 Å². The van der Waals surface area contributed by atoms with Crippen LogP contribution < -0.4 is 0 Å². The molecule has 3 atom stereocenters. The van der Waals surface area contributed by atoms with Crippen LogP contribution in [0.1, 0.15) is 39.5 Å². The second-order valence-electron chi connectivity index (χ2n) is 6.29. The van der Waals surface area contributed by atoms with Gasteiger partial charge in [-0.25, -0.2) is 8.78 Å². The molecule has 0 saturated carbocycles. The zero-order valence-electron chi connectivity index (χ0n) is 14.1. The van der Waals surface area contributed by atoms with E-state index in [9.17, 15) is 8.78 Å². The summed E-state index contributed by atoms with van der Waals surface area (Å²) in [5.41, 5.74) is 1.94. The number of fused-ring (bicyclic) bond motifs is 1. The third kappa shape index (κ3) is 3.99. The molecule has 23 heavy (non-hydrogen) atoms. The van der Waals surface area contributed by atoms with Gasteiger partial charge in [-0.1, -0.05) is 82.2 Å². The largest absolute Gasteiger partial charge is 0.208 e. The normalized spacial score (nSPS) is 25.2. The Balaban J connectivity index is 2.08. The first-order valence-electron chi connectivity index (χ1n) is 8.57. The van der Waals surface area contributed by atoms with E-state index in [2.05, 4.69) is 32.6 Å². The van der Waals surface area contributed by atoms with Crippen LogP contribution in [0.5, 0.6) is 0 Å². The summed E-state index contributed by atoms with van der Waals surface area (Å²) in [5, 5.41) is 0. The fourth-order valence-corrected chi connectivity index (χ4v) is 3.23. The smallest absolute Gasteiger partial charge is 0.140 e. The van der Waals surface area contributed by atoms with E-state index in [-0.39, 0.29) is 0 Å². The van der Waals surface area contributed by atoms with Crippen molar-refractivity contribution in [3.8, 4) is 0 Å². The molecule has 0 bridgehead atoms. The number of hydrogen-bond donors (Lipinski definition) is 0. The van der Waals surface area contributed by atoms with E-state index in [1.807, 2.05) is 18.2 Å². The Morgan fingerprint density at radius 1 is 1.26 bits per heavy atom. The lowest BCUT2D eigenvalue weighted by atomic mass is 9.74. The SMILES string of the molecule is C=CC=C(C=CCC(CC)CCC)C1=CC2C(F)=C(F)C2C=C1. The Morgan fingerprint density at radius 2 is 2.00 bits per heavy atom. The van der Waals surface area contributed by atoms with E-state index in [0.29, 0.717) is 5.92 Å². The molecule has 2 rings (SSSR count). The van der Waals surface area contributed by atoms with Gasteiger partial charge in [0.15, 0.2) is 0 Å². The van der Waals surface area contributed by atoms with Crippen LogP contribution in [0.2, 0.25) is 0 Å². The van der Waals surface area contributed by atoms with Gasteiger partial charge in [0.2, 0.25) is 0 Å². The van der Waals surface area contributed by atoms with Gasteiger partial charge < -0.3 is 0 Å². The van der Waals surface area contributed by atoms with E-state index in [1.54, 1.807) is 12.2 Å². The Labute approximate surface area is 138 Å². The van der Waals surface area contributed by atoms with Crippen LogP contribution >= 0.6 is 0 Å². The molecule has 0 fully saturated rings. The first kappa shape index (κ1) is 17.7. The molecule has 0 aliphatic heterocycles. The number of halogens is 2. The number of rotatable bonds is 8. The lowest BCUT2D eigenvalue weighted by Crippen LogP contribution is -2.26. The molecule has 2 aliphatic carbocycles. The van der Waals surface area contributed by atoms with Crippen LogP contribution in [-0.4, -0.2) is 0 Å². The molecule has 0 radical (unpaired) electrons. The summed E-state index contributed by atoms with van der Waals surface area (Å²) in [5.74, 6) is -1.35. The minimum atomic E-state index is -0.618. The van der Waals surface area contributed by atoms with Gasteiger partial charge in [0.1, 0.15) is 11.7 Å². The minimum absolute atomic E-state index is 0.401. The summed E-state index contributed by atoms with van der Waals surface area (Å²) >= 11 is 0. The molecule has 0 spiro atoms. The highest BCUT2D eigenvalue weighted by Crippen LogP contribution is 2.47. The molecular weight excluding hydrogens is 290 g/mol. The average Bonchev–Trinajstić information content (AvgIpc) is 2.58. The third-order valence-corrected chi connectivity index (χ3v) is 4.71. The van der Waals surface area contributed by atoms with Crippen molar-refractivity contribution in [3.63, 3.8) is 0 Å². The molecule has 2 heteroatoms. The summed E-state index contributed by atoms with van der Waals surface area (Å²) in [4.78, 5) is 0. The molecule has 0 heterocycles. The Hall–Kier alpha value is -1.70. The molecule has 0 N–H and O–H groups in total. The summed E-state index contributed by atoms with van der Waals surface area (Å²) in [6.45, 7) is 8.19. The van der Waals surface area contributed by atoms with Gasteiger partial charge in [0.05, 0.1) is 0 Å². The topological polar surface area (TPSA) is 0 Å². The Bertz CT molecular complexity index is 587. The molecule has 0 aromatic heterocycles. The summed E-state index contributed by atoms with van der Waals surface area (Å²) in [6.07, 6.45) is 18.1. The maximum absolute atomic E-state index is 13.5. The average molecular weight is 316 g/mol. The standard InChI is InChI=1S/C21H26F2/c1-4-8-15(6-3)10-7-11-16(9-5-2)17-12-13-18-19(14-17)21(23)20(18)22/h5,7,9,11-15,18-19H,2,4,6,8,10H2,1,3H3. The fourth-order valence-electron chi connectivity index (χ4n) is 3.23. The molecule has 3 unspecified atom stereocenters. The quantitative estimate of drug-likeness (QED) is 0.434. The molecular formula is C21H26F2. The molecule has 2 aliphatic rings. The van der Waals surface area contributed by atoms with Gasteiger partial charge in [-0.15, -0.1) is 0 Å². The maximum Gasteiger partial charge on any atom is 0.140 e. The summed E-state index contributed by atoms with van der Waals surface area (Å²) in [7, 11) is 0. The van der Waals surface area contributed by atoms with Crippen molar-refractivity contribution in [2.24, 2.45) is 17.8 Å². The van der Waals surface area contributed by atoms with E-state index >= 15 is 0 Å². The van der Waals surface area contributed by atoms with E-state index in [1.165, 1.54) is 19.3 Å². The van der Waals surface area contributed by atoms with Crippen molar-refractivity contribution in [2.75, 3.05) is 0 Å². The van der Waals surface area contributed by atoms with Crippen molar-refractivity contribution in [2.45, 2.75) is 39.5 Å². The van der Waals surface area contributed by atoms with Gasteiger partial charge in [-0.2, -0.15) is 0 Å². The summed E-state index contributed by atoms with van der Waals surface area (Å²) < 4.78 is 26.8. The predicted molar refractivity (Wildman–Crippen MR) is 94.2 cm³/mol. The van der Waals surface area contributed by atoms with Gasteiger partial charge in [-0.05, 0) is 23.5 Å². The highest BCUT2D eigenvalue weighted by atomic mass is 19.2. The molecule has 0 aromatic rings. The van der Waals surface area contributed by atoms with E-state index in [4.69, 9.17) is 0 Å². The van der Waals surface area contributed by atoms with E-state index in [0.717, 1.165) is 17.6 Å². The third-order valence-electron chi connectivity index (χ3n) is 4.71. The zero-order chi connectivity index (χ0) is 16.8.